The summed E-state index contributed by atoms with van der Waals surface area (Å²) < 4.78 is 0. The Labute approximate surface area is 118 Å². The van der Waals surface area contributed by atoms with E-state index in [1.165, 1.54) is 0 Å². The molecule has 0 aliphatic carbocycles. The van der Waals surface area contributed by atoms with Crippen molar-refractivity contribution < 1.29 is 0 Å². The Kier molecular flexibility index (Phi) is 4.51. The second-order valence-electron chi connectivity index (χ2n) is 4.43. The van der Waals surface area contributed by atoms with Crippen LogP contribution < -0.4 is 10.6 Å². The van der Waals surface area contributed by atoms with Crippen molar-refractivity contribution >= 4 is 17.5 Å². The summed E-state index contributed by atoms with van der Waals surface area (Å²) in [6.07, 6.45) is 1.01. The zero-order valence-corrected chi connectivity index (χ0v) is 11.6. The number of aromatic nitrogens is 2. The van der Waals surface area contributed by atoms with Gasteiger partial charge in [0.05, 0.1) is 11.3 Å². The fraction of sp³-hybridized carbons (Fsp3) is 0.267. The van der Waals surface area contributed by atoms with Crippen LogP contribution >= 0.6 is 0 Å². The number of hydrogen-bond acceptors (Lipinski definition) is 5. The van der Waals surface area contributed by atoms with E-state index < -0.39 is 0 Å². The van der Waals surface area contributed by atoms with Crippen LogP contribution in [0.3, 0.4) is 0 Å². The Bertz CT molecular complexity index is 630. The summed E-state index contributed by atoms with van der Waals surface area (Å²) in [6, 6.07) is 11.4. The molecule has 102 valence electrons. The molecule has 0 aliphatic rings. The maximum Gasteiger partial charge on any atom is 0.224 e. The summed E-state index contributed by atoms with van der Waals surface area (Å²) in [5.41, 5.74) is 2.21. The van der Waals surface area contributed by atoms with Crippen LogP contribution in [0.25, 0.3) is 0 Å². The SMILES string of the molecule is CCCNc1nc(C)cc(Nc2ccccc2C#N)n1. The summed E-state index contributed by atoms with van der Waals surface area (Å²) in [5.74, 6) is 1.28. The van der Waals surface area contributed by atoms with Crippen molar-refractivity contribution in [1.29, 1.82) is 5.26 Å². The number of aryl methyl sites for hydroxylation is 1. The molecule has 0 amide bonds. The van der Waals surface area contributed by atoms with Crippen LogP contribution in [0.1, 0.15) is 24.6 Å². The van der Waals surface area contributed by atoms with Crippen molar-refractivity contribution in [1.82, 2.24) is 9.97 Å². The number of para-hydroxylation sites is 1. The van der Waals surface area contributed by atoms with Crippen LogP contribution in [0.2, 0.25) is 0 Å². The minimum Gasteiger partial charge on any atom is -0.354 e. The number of nitrogens with one attached hydrogen (secondary N) is 2. The fourth-order valence-corrected chi connectivity index (χ4v) is 1.78. The third-order valence-electron chi connectivity index (χ3n) is 2.70. The Hall–Kier alpha value is -2.61. The van der Waals surface area contributed by atoms with E-state index >= 15 is 0 Å². The first kappa shape index (κ1) is 13.8. The molecule has 5 heteroatoms. The van der Waals surface area contributed by atoms with Gasteiger partial charge in [-0.05, 0) is 25.5 Å². The summed E-state index contributed by atoms with van der Waals surface area (Å²) in [7, 11) is 0. The molecular formula is C15H17N5. The Balaban J connectivity index is 2.25. The molecule has 0 saturated heterocycles. The van der Waals surface area contributed by atoms with Gasteiger partial charge in [0.25, 0.3) is 0 Å². The van der Waals surface area contributed by atoms with Crippen molar-refractivity contribution in [2.24, 2.45) is 0 Å². The molecule has 1 heterocycles. The molecule has 1 aromatic carbocycles. The monoisotopic (exact) mass is 267 g/mol. The Morgan fingerprint density at radius 1 is 1.25 bits per heavy atom. The first-order valence-electron chi connectivity index (χ1n) is 6.58. The summed E-state index contributed by atoms with van der Waals surface area (Å²) in [6.45, 7) is 4.84. The van der Waals surface area contributed by atoms with E-state index in [4.69, 9.17) is 5.26 Å². The molecule has 0 fully saturated rings. The number of benzene rings is 1. The van der Waals surface area contributed by atoms with Crippen LogP contribution in [0.5, 0.6) is 0 Å². The van der Waals surface area contributed by atoms with Gasteiger partial charge in [-0.15, -0.1) is 0 Å². The largest absolute Gasteiger partial charge is 0.354 e. The second kappa shape index (κ2) is 6.53. The summed E-state index contributed by atoms with van der Waals surface area (Å²) >= 11 is 0. The van der Waals surface area contributed by atoms with Crippen LogP contribution in [0, 0.1) is 18.3 Å². The Morgan fingerprint density at radius 2 is 2.05 bits per heavy atom. The van der Waals surface area contributed by atoms with Crippen molar-refractivity contribution in [2.75, 3.05) is 17.2 Å². The summed E-state index contributed by atoms with van der Waals surface area (Å²) in [5, 5.41) is 15.4. The third kappa shape index (κ3) is 3.45. The van der Waals surface area contributed by atoms with E-state index in [1.807, 2.05) is 31.2 Å². The topological polar surface area (TPSA) is 73.6 Å². The molecule has 2 rings (SSSR count). The van der Waals surface area contributed by atoms with Gasteiger partial charge in [0.15, 0.2) is 0 Å². The molecule has 20 heavy (non-hydrogen) atoms. The summed E-state index contributed by atoms with van der Waals surface area (Å²) in [4.78, 5) is 8.73. The van der Waals surface area contributed by atoms with Gasteiger partial charge >= 0.3 is 0 Å². The average Bonchev–Trinajstić information content (AvgIpc) is 2.45. The molecule has 0 bridgehead atoms. The third-order valence-corrected chi connectivity index (χ3v) is 2.70. The van der Waals surface area contributed by atoms with E-state index in [9.17, 15) is 0 Å². The lowest BCUT2D eigenvalue weighted by molar-refractivity contribution is 0.947. The highest BCUT2D eigenvalue weighted by Gasteiger charge is 2.05. The molecule has 5 nitrogen and oxygen atoms in total. The van der Waals surface area contributed by atoms with Gasteiger partial charge < -0.3 is 10.6 Å². The molecule has 1 aromatic heterocycles. The van der Waals surface area contributed by atoms with Crippen LogP contribution in [0.15, 0.2) is 30.3 Å². The average molecular weight is 267 g/mol. The van der Waals surface area contributed by atoms with Gasteiger partial charge in [-0.25, -0.2) is 4.98 Å². The predicted octanol–water partition coefficient (Wildman–Crippen LogP) is 3.22. The highest BCUT2D eigenvalue weighted by molar-refractivity contribution is 5.64. The highest BCUT2D eigenvalue weighted by Crippen LogP contribution is 2.20. The molecular weight excluding hydrogens is 250 g/mol. The zero-order chi connectivity index (χ0) is 14.4. The molecule has 0 saturated carbocycles. The normalized spacial score (nSPS) is 9.85. The van der Waals surface area contributed by atoms with Crippen molar-refractivity contribution in [3.05, 3.63) is 41.6 Å². The van der Waals surface area contributed by atoms with Crippen molar-refractivity contribution in [3.63, 3.8) is 0 Å². The van der Waals surface area contributed by atoms with Gasteiger partial charge in [-0.3, -0.25) is 0 Å². The number of rotatable bonds is 5. The quantitative estimate of drug-likeness (QED) is 0.870. The lowest BCUT2D eigenvalue weighted by atomic mass is 10.2. The van der Waals surface area contributed by atoms with Crippen molar-refractivity contribution in [3.8, 4) is 6.07 Å². The second-order valence-corrected chi connectivity index (χ2v) is 4.43. The van der Waals surface area contributed by atoms with E-state index in [-0.39, 0.29) is 0 Å². The minimum atomic E-state index is 0.590. The lowest BCUT2D eigenvalue weighted by Crippen LogP contribution is -2.07. The van der Waals surface area contributed by atoms with Gasteiger partial charge in [0, 0.05) is 18.3 Å². The molecule has 2 aromatic rings. The number of hydrogen-bond donors (Lipinski definition) is 2. The Morgan fingerprint density at radius 3 is 2.80 bits per heavy atom. The first-order chi connectivity index (χ1) is 9.72. The van der Waals surface area contributed by atoms with E-state index in [1.54, 1.807) is 6.07 Å². The molecule has 2 N–H and O–H groups in total. The number of nitrogens with zero attached hydrogens (tertiary/aromatic N) is 3. The lowest BCUT2D eigenvalue weighted by Gasteiger charge is -2.10. The molecule has 0 aliphatic heterocycles. The molecule has 0 unspecified atom stereocenters. The van der Waals surface area contributed by atoms with Crippen LogP contribution in [-0.4, -0.2) is 16.5 Å². The molecule has 0 spiro atoms. The zero-order valence-electron chi connectivity index (χ0n) is 11.6. The number of anilines is 3. The number of nitriles is 1. The van der Waals surface area contributed by atoms with Crippen LogP contribution in [0.4, 0.5) is 17.5 Å². The fourth-order valence-electron chi connectivity index (χ4n) is 1.78. The highest BCUT2D eigenvalue weighted by atomic mass is 15.1. The van der Waals surface area contributed by atoms with Gasteiger partial charge in [0.2, 0.25) is 5.95 Å². The first-order valence-corrected chi connectivity index (χ1v) is 6.58. The van der Waals surface area contributed by atoms with E-state index in [2.05, 4.69) is 33.6 Å². The van der Waals surface area contributed by atoms with Gasteiger partial charge in [0.1, 0.15) is 11.9 Å². The van der Waals surface area contributed by atoms with Crippen molar-refractivity contribution in [2.45, 2.75) is 20.3 Å². The molecule has 0 atom stereocenters. The van der Waals surface area contributed by atoms with Gasteiger partial charge in [-0.1, -0.05) is 19.1 Å². The maximum atomic E-state index is 9.09. The van der Waals surface area contributed by atoms with Gasteiger partial charge in [-0.2, -0.15) is 10.2 Å². The standard InChI is InChI=1S/C15H17N5/c1-3-8-17-15-18-11(2)9-14(20-15)19-13-7-5-4-6-12(13)10-16/h4-7,9H,3,8H2,1-2H3,(H2,17,18,19,20). The predicted molar refractivity (Wildman–Crippen MR) is 80.0 cm³/mol. The minimum absolute atomic E-state index is 0.590. The van der Waals surface area contributed by atoms with E-state index in [0.29, 0.717) is 17.3 Å². The van der Waals surface area contributed by atoms with Crippen LogP contribution in [-0.2, 0) is 0 Å². The smallest absolute Gasteiger partial charge is 0.224 e. The molecule has 0 radical (unpaired) electrons. The maximum absolute atomic E-state index is 9.09. The van der Waals surface area contributed by atoms with E-state index in [0.717, 1.165) is 24.3 Å².